The number of nitrogens with zero attached hydrogens (tertiary/aromatic N) is 1. The van der Waals surface area contributed by atoms with E-state index in [4.69, 9.17) is 10.5 Å². The molecule has 3 heteroatoms. The van der Waals surface area contributed by atoms with Gasteiger partial charge in [-0.05, 0) is 38.4 Å². The highest BCUT2D eigenvalue weighted by atomic mass is 16.5. The Labute approximate surface area is 104 Å². The number of benzene rings is 1. The van der Waals surface area contributed by atoms with Crippen molar-refractivity contribution in [1.82, 2.24) is 4.90 Å². The van der Waals surface area contributed by atoms with Crippen LogP contribution in [-0.2, 0) is 0 Å². The molecule has 0 bridgehead atoms. The van der Waals surface area contributed by atoms with E-state index in [0.717, 1.165) is 24.3 Å². The van der Waals surface area contributed by atoms with Gasteiger partial charge in [-0.25, -0.2) is 0 Å². The maximum Gasteiger partial charge on any atom is 0.119 e. The highest BCUT2D eigenvalue weighted by molar-refractivity contribution is 5.38. The van der Waals surface area contributed by atoms with Crippen molar-refractivity contribution in [2.75, 3.05) is 33.8 Å². The summed E-state index contributed by atoms with van der Waals surface area (Å²) in [4.78, 5) is 2.09. The summed E-state index contributed by atoms with van der Waals surface area (Å²) in [6.07, 6.45) is 0.737. The fraction of sp³-hybridized carbons (Fsp3) is 0.429. The lowest BCUT2D eigenvalue weighted by Crippen LogP contribution is -2.19. The third-order valence-electron chi connectivity index (χ3n) is 2.16. The SMILES string of the molecule is CN(C)CCOc1ccc(C#CCCN)cc1. The molecule has 0 aliphatic rings. The Balaban J connectivity index is 2.43. The maximum atomic E-state index is 5.59. The zero-order valence-electron chi connectivity index (χ0n) is 10.6. The summed E-state index contributed by atoms with van der Waals surface area (Å²) in [5.74, 6) is 6.95. The summed E-state index contributed by atoms with van der Waals surface area (Å²) < 4.78 is 5.59. The molecule has 0 saturated carbocycles. The molecule has 92 valence electrons. The van der Waals surface area contributed by atoms with Crippen LogP contribution in [0.3, 0.4) is 0 Å². The molecule has 1 rings (SSSR count). The van der Waals surface area contributed by atoms with E-state index < -0.39 is 0 Å². The van der Waals surface area contributed by atoms with Crippen LogP contribution in [0.4, 0.5) is 0 Å². The predicted octanol–water partition coefficient (Wildman–Crippen LogP) is 1.33. The lowest BCUT2D eigenvalue weighted by atomic mass is 10.2. The number of hydrogen-bond acceptors (Lipinski definition) is 3. The minimum atomic E-state index is 0.610. The summed E-state index contributed by atoms with van der Waals surface area (Å²) in [6.45, 7) is 2.22. The van der Waals surface area contributed by atoms with E-state index in [0.29, 0.717) is 13.2 Å². The Bertz CT molecular complexity index is 373. The van der Waals surface area contributed by atoms with Gasteiger partial charge < -0.3 is 15.4 Å². The second-order valence-corrected chi connectivity index (χ2v) is 4.02. The Morgan fingerprint density at radius 3 is 2.53 bits per heavy atom. The number of hydrogen-bond donors (Lipinski definition) is 1. The third kappa shape index (κ3) is 5.96. The second kappa shape index (κ2) is 7.72. The molecule has 3 nitrogen and oxygen atoms in total. The van der Waals surface area contributed by atoms with Gasteiger partial charge in [0.2, 0.25) is 0 Å². The average Bonchev–Trinajstić information content (AvgIpc) is 2.31. The van der Waals surface area contributed by atoms with E-state index in [1.807, 2.05) is 38.4 Å². The van der Waals surface area contributed by atoms with E-state index in [-0.39, 0.29) is 0 Å². The summed E-state index contributed by atoms with van der Waals surface area (Å²) in [7, 11) is 4.05. The molecule has 0 aliphatic carbocycles. The number of ether oxygens (including phenoxy) is 1. The van der Waals surface area contributed by atoms with Gasteiger partial charge in [-0.2, -0.15) is 0 Å². The molecule has 0 radical (unpaired) electrons. The van der Waals surface area contributed by atoms with Gasteiger partial charge in [-0.1, -0.05) is 11.8 Å². The van der Waals surface area contributed by atoms with Crippen molar-refractivity contribution < 1.29 is 4.74 Å². The third-order valence-corrected chi connectivity index (χ3v) is 2.16. The van der Waals surface area contributed by atoms with Crippen molar-refractivity contribution in [2.45, 2.75) is 6.42 Å². The lowest BCUT2D eigenvalue weighted by Gasteiger charge is -2.10. The van der Waals surface area contributed by atoms with Crippen molar-refractivity contribution in [3.05, 3.63) is 29.8 Å². The van der Waals surface area contributed by atoms with E-state index in [1.165, 1.54) is 0 Å². The van der Waals surface area contributed by atoms with Crippen molar-refractivity contribution in [3.8, 4) is 17.6 Å². The van der Waals surface area contributed by atoms with Crippen LogP contribution in [0.5, 0.6) is 5.75 Å². The zero-order chi connectivity index (χ0) is 12.5. The van der Waals surface area contributed by atoms with Crippen LogP contribution in [0.15, 0.2) is 24.3 Å². The fourth-order valence-corrected chi connectivity index (χ4v) is 1.22. The smallest absolute Gasteiger partial charge is 0.119 e. The van der Waals surface area contributed by atoms with Crippen molar-refractivity contribution >= 4 is 0 Å². The van der Waals surface area contributed by atoms with Gasteiger partial charge in [0.25, 0.3) is 0 Å². The van der Waals surface area contributed by atoms with E-state index >= 15 is 0 Å². The molecule has 17 heavy (non-hydrogen) atoms. The van der Waals surface area contributed by atoms with Crippen molar-refractivity contribution in [2.24, 2.45) is 5.73 Å². The van der Waals surface area contributed by atoms with Gasteiger partial charge in [0.05, 0.1) is 0 Å². The monoisotopic (exact) mass is 232 g/mol. The fourth-order valence-electron chi connectivity index (χ4n) is 1.22. The summed E-state index contributed by atoms with van der Waals surface area (Å²) in [6, 6.07) is 7.83. The Hall–Kier alpha value is -1.50. The van der Waals surface area contributed by atoms with Gasteiger partial charge in [0.1, 0.15) is 12.4 Å². The molecule has 0 heterocycles. The Morgan fingerprint density at radius 2 is 1.94 bits per heavy atom. The highest BCUT2D eigenvalue weighted by Crippen LogP contribution is 2.11. The molecule has 0 saturated heterocycles. The summed E-state index contributed by atoms with van der Waals surface area (Å²) in [5.41, 5.74) is 6.37. The topological polar surface area (TPSA) is 38.5 Å². The molecular weight excluding hydrogens is 212 g/mol. The van der Waals surface area contributed by atoms with Gasteiger partial charge >= 0.3 is 0 Å². The molecule has 2 N–H and O–H groups in total. The van der Waals surface area contributed by atoms with E-state index in [1.54, 1.807) is 0 Å². The maximum absolute atomic E-state index is 5.59. The molecule has 1 aromatic carbocycles. The molecule has 0 aromatic heterocycles. The molecule has 0 aliphatic heterocycles. The Kier molecular flexibility index (Phi) is 6.16. The van der Waals surface area contributed by atoms with Crippen molar-refractivity contribution in [1.29, 1.82) is 0 Å². The van der Waals surface area contributed by atoms with Gasteiger partial charge in [0, 0.05) is 25.1 Å². The standard InChI is InChI=1S/C14H20N2O/c1-16(2)11-12-17-14-8-6-13(7-9-14)5-3-4-10-15/h6-9H,4,10-12,15H2,1-2H3. The van der Waals surface area contributed by atoms with Gasteiger partial charge in [-0.15, -0.1) is 0 Å². The highest BCUT2D eigenvalue weighted by Gasteiger charge is 1.94. The largest absolute Gasteiger partial charge is 0.492 e. The molecule has 1 aromatic rings. The first kappa shape index (κ1) is 13.6. The molecule has 0 fully saturated rings. The van der Waals surface area contributed by atoms with E-state index in [9.17, 15) is 0 Å². The first-order valence-electron chi connectivity index (χ1n) is 5.79. The minimum absolute atomic E-state index is 0.610. The summed E-state index contributed by atoms with van der Waals surface area (Å²) in [5, 5.41) is 0. The normalized spacial score (nSPS) is 9.88. The van der Waals surface area contributed by atoms with Crippen LogP contribution in [-0.4, -0.2) is 38.7 Å². The molecule has 0 unspecified atom stereocenters. The van der Waals surface area contributed by atoms with Crippen molar-refractivity contribution in [3.63, 3.8) is 0 Å². The number of rotatable bonds is 5. The van der Waals surface area contributed by atoms with Crippen LogP contribution >= 0.6 is 0 Å². The second-order valence-electron chi connectivity index (χ2n) is 4.02. The quantitative estimate of drug-likeness (QED) is 0.778. The molecule has 0 atom stereocenters. The van der Waals surface area contributed by atoms with Gasteiger partial charge in [0.15, 0.2) is 0 Å². The average molecular weight is 232 g/mol. The Morgan fingerprint density at radius 1 is 1.24 bits per heavy atom. The van der Waals surface area contributed by atoms with Crippen LogP contribution in [0.1, 0.15) is 12.0 Å². The first-order valence-corrected chi connectivity index (χ1v) is 5.79. The molecule has 0 amide bonds. The number of likely N-dealkylation sites (N-methyl/N-ethyl adjacent to an activating group) is 1. The van der Waals surface area contributed by atoms with Crippen LogP contribution in [0.2, 0.25) is 0 Å². The summed E-state index contributed by atoms with van der Waals surface area (Å²) >= 11 is 0. The predicted molar refractivity (Wildman–Crippen MR) is 71.0 cm³/mol. The minimum Gasteiger partial charge on any atom is -0.492 e. The van der Waals surface area contributed by atoms with Crippen LogP contribution in [0.25, 0.3) is 0 Å². The zero-order valence-corrected chi connectivity index (χ0v) is 10.6. The molecule has 0 spiro atoms. The van der Waals surface area contributed by atoms with Crippen LogP contribution < -0.4 is 10.5 Å². The molecular formula is C14H20N2O. The van der Waals surface area contributed by atoms with Crippen LogP contribution in [0, 0.1) is 11.8 Å². The van der Waals surface area contributed by atoms with Gasteiger partial charge in [-0.3, -0.25) is 0 Å². The number of nitrogens with two attached hydrogens (primary N) is 1. The lowest BCUT2D eigenvalue weighted by molar-refractivity contribution is 0.261. The van der Waals surface area contributed by atoms with E-state index in [2.05, 4.69) is 16.7 Å². The first-order chi connectivity index (χ1) is 8.22.